The minimum atomic E-state index is -0.460. The molecule has 0 bridgehead atoms. The van der Waals surface area contributed by atoms with Crippen LogP contribution < -0.4 is 5.32 Å². The molecule has 4 heteroatoms. The maximum absolute atomic E-state index is 10.6. The molecule has 0 rings (SSSR count). The summed E-state index contributed by atoms with van der Waals surface area (Å²) in [5, 5.41) is 9.97. The zero-order valence-electron chi connectivity index (χ0n) is 6.55. The van der Waals surface area contributed by atoms with E-state index in [4.69, 9.17) is 10.00 Å². The molecule has 0 aromatic heterocycles. The zero-order chi connectivity index (χ0) is 8.69. The van der Waals surface area contributed by atoms with Gasteiger partial charge in [-0.3, -0.25) is 10.1 Å². The van der Waals surface area contributed by atoms with E-state index in [2.05, 4.69) is 0 Å². The number of amides is 1. The average molecular weight is 154 g/mol. The van der Waals surface area contributed by atoms with Crippen LogP contribution in [0.15, 0.2) is 11.8 Å². The molecule has 0 heterocycles. The number of nitrogens with zero attached hydrogens (tertiary/aromatic N) is 1. The first-order valence-corrected chi connectivity index (χ1v) is 3.20. The lowest BCUT2D eigenvalue weighted by Crippen LogP contribution is -2.14. The van der Waals surface area contributed by atoms with Gasteiger partial charge in [-0.25, -0.2) is 0 Å². The number of rotatable bonds is 3. The Hall–Kier alpha value is -1.50. The van der Waals surface area contributed by atoms with Crippen LogP contribution in [-0.4, -0.2) is 12.5 Å². The maximum atomic E-state index is 10.6. The number of allylic oxidation sites excluding steroid dienone is 1. The Bertz CT molecular complexity index is 203. The quantitative estimate of drug-likeness (QED) is 0.279. The molecule has 0 aliphatic carbocycles. The number of carbonyl (C=O) groups is 1. The molecule has 0 aromatic carbocycles. The summed E-state index contributed by atoms with van der Waals surface area (Å²) in [6.07, 6.45) is 2.74. The molecule has 60 valence electrons. The smallest absolute Gasteiger partial charge is 0.260 e. The molecule has 0 unspecified atom stereocenters. The van der Waals surface area contributed by atoms with Gasteiger partial charge in [0.1, 0.15) is 0 Å². The van der Waals surface area contributed by atoms with Crippen LogP contribution in [0.5, 0.6) is 0 Å². The van der Waals surface area contributed by atoms with Crippen molar-refractivity contribution in [3.63, 3.8) is 0 Å². The van der Waals surface area contributed by atoms with Crippen LogP contribution in [0.1, 0.15) is 13.8 Å². The number of carbonyl (C=O) groups excluding carboxylic acids is 1. The first-order valence-electron chi connectivity index (χ1n) is 3.20. The van der Waals surface area contributed by atoms with E-state index < -0.39 is 5.91 Å². The van der Waals surface area contributed by atoms with Gasteiger partial charge in [-0.15, -0.1) is 0 Å². The fourth-order valence-electron chi connectivity index (χ4n) is 0.545. The van der Waals surface area contributed by atoms with Crippen LogP contribution >= 0.6 is 0 Å². The van der Waals surface area contributed by atoms with Crippen molar-refractivity contribution >= 4 is 5.91 Å². The molecule has 0 radical (unpaired) electrons. The summed E-state index contributed by atoms with van der Waals surface area (Å²) in [5.41, 5.74) is 0. The highest BCUT2D eigenvalue weighted by Crippen LogP contribution is 1.92. The van der Waals surface area contributed by atoms with E-state index in [-0.39, 0.29) is 0 Å². The second kappa shape index (κ2) is 5.30. The fourth-order valence-corrected chi connectivity index (χ4v) is 0.545. The van der Waals surface area contributed by atoms with E-state index in [1.165, 1.54) is 12.3 Å². The molecular formula is C7H10N2O2. The van der Waals surface area contributed by atoms with Crippen molar-refractivity contribution in [3.8, 4) is 6.19 Å². The average Bonchev–Trinajstić information content (AvgIpc) is 1.87. The van der Waals surface area contributed by atoms with Crippen LogP contribution in [0.4, 0.5) is 0 Å². The van der Waals surface area contributed by atoms with Crippen molar-refractivity contribution in [2.45, 2.75) is 13.8 Å². The molecule has 0 atom stereocenters. The predicted molar refractivity (Wildman–Crippen MR) is 39.1 cm³/mol. The molecule has 1 amide bonds. The summed E-state index contributed by atoms with van der Waals surface area (Å²) in [7, 11) is 0. The van der Waals surface area contributed by atoms with Gasteiger partial charge >= 0.3 is 0 Å². The molecule has 0 fully saturated rings. The van der Waals surface area contributed by atoms with Crippen molar-refractivity contribution in [2.75, 3.05) is 6.61 Å². The fraction of sp³-hybridized carbons (Fsp3) is 0.429. The summed E-state index contributed by atoms with van der Waals surface area (Å²) < 4.78 is 4.95. The highest BCUT2D eigenvalue weighted by atomic mass is 16.5. The highest BCUT2D eigenvalue weighted by molar-refractivity contribution is 5.88. The Labute approximate surface area is 65.5 Å². The Morgan fingerprint density at radius 3 is 2.91 bits per heavy atom. The van der Waals surface area contributed by atoms with Crippen molar-refractivity contribution in [2.24, 2.45) is 0 Å². The van der Waals surface area contributed by atoms with Gasteiger partial charge in [0.2, 0.25) is 0 Å². The standard InChI is InChI=1S/C7H10N2O2/c1-3-11-6(2)4-7(10)9-5-8/h4H,3H2,1-2H3,(H,9,10)/b6-4-. The van der Waals surface area contributed by atoms with Crippen molar-refractivity contribution in [3.05, 3.63) is 11.8 Å². The molecular weight excluding hydrogens is 144 g/mol. The molecule has 0 saturated carbocycles. The first-order chi connectivity index (χ1) is 5.20. The molecule has 11 heavy (non-hydrogen) atoms. The summed E-state index contributed by atoms with van der Waals surface area (Å²) >= 11 is 0. The van der Waals surface area contributed by atoms with E-state index >= 15 is 0 Å². The van der Waals surface area contributed by atoms with Gasteiger partial charge in [0.15, 0.2) is 6.19 Å². The first kappa shape index (κ1) is 9.50. The normalized spacial score (nSPS) is 10.1. The number of hydrogen-bond donors (Lipinski definition) is 1. The summed E-state index contributed by atoms with van der Waals surface area (Å²) in [6.45, 7) is 3.99. The second-order valence-corrected chi connectivity index (χ2v) is 1.79. The highest BCUT2D eigenvalue weighted by Gasteiger charge is 1.95. The Morgan fingerprint density at radius 1 is 1.82 bits per heavy atom. The van der Waals surface area contributed by atoms with Crippen LogP contribution in [0.25, 0.3) is 0 Å². The maximum Gasteiger partial charge on any atom is 0.260 e. The van der Waals surface area contributed by atoms with E-state index in [1.54, 1.807) is 6.92 Å². The van der Waals surface area contributed by atoms with Gasteiger partial charge in [-0.2, -0.15) is 5.26 Å². The largest absolute Gasteiger partial charge is 0.498 e. The summed E-state index contributed by atoms with van der Waals surface area (Å²) in [6, 6.07) is 0. The summed E-state index contributed by atoms with van der Waals surface area (Å²) in [5.74, 6) is 0.0405. The van der Waals surface area contributed by atoms with Gasteiger partial charge in [0, 0.05) is 6.08 Å². The van der Waals surface area contributed by atoms with Crippen LogP contribution in [0.2, 0.25) is 0 Å². The zero-order valence-corrected chi connectivity index (χ0v) is 6.55. The molecule has 0 saturated heterocycles. The van der Waals surface area contributed by atoms with Gasteiger partial charge in [0.05, 0.1) is 12.4 Å². The van der Waals surface area contributed by atoms with Gasteiger partial charge < -0.3 is 4.74 Å². The third-order valence-electron chi connectivity index (χ3n) is 0.885. The molecule has 0 aliphatic rings. The Balaban J connectivity index is 3.88. The van der Waals surface area contributed by atoms with E-state index in [9.17, 15) is 4.79 Å². The molecule has 1 N–H and O–H groups in total. The van der Waals surface area contributed by atoms with Gasteiger partial charge in [-0.1, -0.05) is 0 Å². The van der Waals surface area contributed by atoms with E-state index in [0.717, 1.165) is 0 Å². The predicted octanol–water partition coefficient (Wildman–Crippen LogP) is 0.524. The van der Waals surface area contributed by atoms with Gasteiger partial charge in [-0.05, 0) is 13.8 Å². The molecule has 0 spiro atoms. The van der Waals surface area contributed by atoms with E-state index in [1.807, 2.05) is 12.2 Å². The number of ether oxygens (including phenoxy) is 1. The minimum absolute atomic E-state index is 0.460. The Kier molecular flexibility index (Phi) is 4.58. The third-order valence-corrected chi connectivity index (χ3v) is 0.885. The molecule has 0 aliphatic heterocycles. The third kappa shape index (κ3) is 4.97. The van der Waals surface area contributed by atoms with Crippen molar-refractivity contribution in [1.29, 1.82) is 5.26 Å². The SMILES string of the molecule is CCO/C(C)=C\C(=O)NC#N. The Morgan fingerprint density at radius 2 is 2.45 bits per heavy atom. The minimum Gasteiger partial charge on any atom is -0.498 e. The van der Waals surface area contributed by atoms with Crippen molar-refractivity contribution < 1.29 is 9.53 Å². The van der Waals surface area contributed by atoms with Crippen molar-refractivity contribution in [1.82, 2.24) is 5.32 Å². The lowest BCUT2D eigenvalue weighted by atomic mass is 10.4. The molecule has 4 nitrogen and oxygen atoms in total. The van der Waals surface area contributed by atoms with Gasteiger partial charge in [0.25, 0.3) is 5.91 Å². The molecule has 0 aromatic rings. The number of nitrogens with one attached hydrogen (secondary N) is 1. The lowest BCUT2D eigenvalue weighted by Gasteiger charge is -1.99. The summed E-state index contributed by atoms with van der Waals surface area (Å²) in [4.78, 5) is 10.6. The number of nitriles is 1. The van der Waals surface area contributed by atoms with E-state index in [0.29, 0.717) is 12.4 Å². The lowest BCUT2D eigenvalue weighted by molar-refractivity contribution is -0.115. The second-order valence-electron chi connectivity index (χ2n) is 1.79. The van der Waals surface area contributed by atoms with Crippen LogP contribution in [0.3, 0.4) is 0 Å². The van der Waals surface area contributed by atoms with Crippen LogP contribution in [-0.2, 0) is 9.53 Å². The number of hydrogen-bond acceptors (Lipinski definition) is 3. The van der Waals surface area contributed by atoms with Crippen LogP contribution in [0, 0.1) is 11.5 Å². The topological polar surface area (TPSA) is 62.1 Å². The monoisotopic (exact) mass is 154 g/mol.